The van der Waals surface area contributed by atoms with E-state index in [1.807, 2.05) is 0 Å². The maximum atomic E-state index is 13.4. The third-order valence-electron chi connectivity index (χ3n) is 2.21. The third kappa shape index (κ3) is 5.06. The number of sulfonamides is 1. The summed E-state index contributed by atoms with van der Waals surface area (Å²) in [6.07, 6.45) is 1.30. The Morgan fingerprint density at radius 3 is 2.47 bits per heavy atom. The minimum absolute atomic E-state index is 0. The first-order valence-corrected chi connectivity index (χ1v) is 7.47. The van der Waals surface area contributed by atoms with Gasteiger partial charge in [0.25, 0.3) is 0 Å². The largest absolute Gasteiger partial charge is 0.330 e. The lowest BCUT2D eigenvalue weighted by Gasteiger charge is -2.09. The SMILES string of the molecule is Cl.NCCCCNS(=O)(=O)c1ccc(Cl)c(F)c1Cl. The van der Waals surface area contributed by atoms with Crippen LogP contribution in [0.25, 0.3) is 0 Å². The van der Waals surface area contributed by atoms with Crippen molar-refractivity contribution in [3.8, 4) is 0 Å². The van der Waals surface area contributed by atoms with E-state index >= 15 is 0 Å². The molecule has 110 valence electrons. The molecule has 19 heavy (non-hydrogen) atoms. The van der Waals surface area contributed by atoms with E-state index < -0.39 is 20.9 Å². The number of nitrogens with one attached hydrogen (secondary N) is 1. The molecular weight excluding hydrogens is 338 g/mol. The van der Waals surface area contributed by atoms with Gasteiger partial charge < -0.3 is 5.73 Å². The molecular formula is C10H14Cl3FN2O2S. The van der Waals surface area contributed by atoms with Crippen LogP contribution in [-0.2, 0) is 10.0 Å². The molecule has 0 heterocycles. The lowest BCUT2D eigenvalue weighted by atomic mass is 10.3. The van der Waals surface area contributed by atoms with E-state index in [9.17, 15) is 12.8 Å². The number of hydrogen-bond donors (Lipinski definition) is 2. The normalized spacial score (nSPS) is 11.2. The zero-order valence-corrected chi connectivity index (χ0v) is 13.0. The number of nitrogens with two attached hydrogens (primary N) is 1. The van der Waals surface area contributed by atoms with Gasteiger partial charge in [-0.3, -0.25) is 0 Å². The van der Waals surface area contributed by atoms with E-state index in [1.165, 1.54) is 6.07 Å². The van der Waals surface area contributed by atoms with E-state index in [0.29, 0.717) is 19.4 Å². The molecule has 0 amide bonds. The van der Waals surface area contributed by atoms with Gasteiger partial charge in [-0.2, -0.15) is 0 Å². The summed E-state index contributed by atoms with van der Waals surface area (Å²) in [5.41, 5.74) is 5.29. The van der Waals surface area contributed by atoms with Crippen molar-refractivity contribution in [2.24, 2.45) is 5.73 Å². The summed E-state index contributed by atoms with van der Waals surface area (Å²) in [5.74, 6) is -0.942. The van der Waals surface area contributed by atoms with Gasteiger partial charge in [-0.15, -0.1) is 12.4 Å². The smallest absolute Gasteiger partial charge is 0.242 e. The highest BCUT2D eigenvalue weighted by Crippen LogP contribution is 2.29. The van der Waals surface area contributed by atoms with Crippen molar-refractivity contribution >= 4 is 45.6 Å². The van der Waals surface area contributed by atoms with Crippen LogP contribution in [-0.4, -0.2) is 21.5 Å². The van der Waals surface area contributed by atoms with Crippen LogP contribution in [0.2, 0.25) is 10.0 Å². The molecule has 0 saturated heterocycles. The van der Waals surface area contributed by atoms with Crippen molar-refractivity contribution in [2.75, 3.05) is 13.1 Å². The second-order valence-corrected chi connectivity index (χ2v) is 6.09. The fourth-order valence-electron chi connectivity index (χ4n) is 1.27. The Kier molecular flexibility index (Phi) is 8.19. The first-order valence-electron chi connectivity index (χ1n) is 5.23. The van der Waals surface area contributed by atoms with Crippen LogP contribution in [0.5, 0.6) is 0 Å². The zero-order chi connectivity index (χ0) is 13.8. The topological polar surface area (TPSA) is 72.2 Å². The molecule has 0 aliphatic carbocycles. The van der Waals surface area contributed by atoms with Crippen LogP contribution >= 0.6 is 35.6 Å². The highest BCUT2D eigenvalue weighted by molar-refractivity contribution is 7.89. The van der Waals surface area contributed by atoms with Crippen LogP contribution in [0.1, 0.15) is 12.8 Å². The van der Waals surface area contributed by atoms with Crippen molar-refractivity contribution in [1.29, 1.82) is 0 Å². The highest BCUT2D eigenvalue weighted by Gasteiger charge is 2.21. The molecule has 1 rings (SSSR count). The van der Waals surface area contributed by atoms with Crippen LogP contribution in [0.4, 0.5) is 4.39 Å². The number of benzene rings is 1. The first kappa shape index (κ1) is 18.9. The first-order chi connectivity index (χ1) is 8.40. The molecule has 0 bridgehead atoms. The van der Waals surface area contributed by atoms with Gasteiger partial charge in [-0.25, -0.2) is 17.5 Å². The molecule has 0 fully saturated rings. The second-order valence-electron chi connectivity index (χ2n) is 3.57. The molecule has 0 saturated carbocycles. The second kappa shape index (κ2) is 8.24. The van der Waals surface area contributed by atoms with E-state index in [4.69, 9.17) is 28.9 Å². The monoisotopic (exact) mass is 350 g/mol. The summed E-state index contributed by atoms with van der Waals surface area (Å²) in [4.78, 5) is -0.321. The van der Waals surface area contributed by atoms with E-state index in [1.54, 1.807) is 0 Å². The molecule has 3 N–H and O–H groups in total. The van der Waals surface area contributed by atoms with Crippen molar-refractivity contribution in [2.45, 2.75) is 17.7 Å². The van der Waals surface area contributed by atoms with Gasteiger partial charge in [0, 0.05) is 6.54 Å². The van der Waals surface area contributed by atoms with Gasteiger partial charge in [-0.1, -0.05) is 23.2 Å². The summed E-state index contributed by atoms with van der Waals surface area (Å²) >= 11 is 11.1. The van der Waals surface area contributed by atoms with Gasteiger partial charge in [0.1, 0.15) is 4.90 Å². The summed E-state index contributed by atoms with van der Waals surface area (Å²) in [6.45, 7) is 0.707. The molecule has 0 radical (unpaired) electrons. The Hall–Kier alpha value is -0.110. The Labute approximate surface area is 127 Å². The molecule has 4 nitrogen and oxygen atoms in total. The van der Waals surface area contributed by atoms with Crippen LogP contribution in [0.15, 0.2) is 17.0 Å². The van der Waals surface area contributed by atoms with Crippen molar-refractivity contribution in [1.82, 2.24) is 4.72 Å². The lowest BCUT2D eigenvalue weighted by Crippen LogP contribution is -2.25. The Morgan fingerprint density at radius 2 is 1.89 bits per heavy atom. The predicted octanol–water partition coefficient (Wildman–Crippen LogP) is 2.57. The summed E-state index contributed by atoms with van der Waals surface area (Å²) in [6, 6.07) is 2.32. The fourth-order valence-corrected chi connectivity index (χ4v) is 3.09. The average molecular weight is 352 g/mol. The van der Waals surface area contributed by atoms with E-state index in [0.717, 1.165) is 6.07 Å². The van der Waals surface area contributed by atoms with Gasteiger partial charge in [0.15, 0.2) is 5.82 Å². The molecule has 0 aliphatic rings. The van der Waals surface area contributed by atoms with Gasteiger partial charge in [0.2, 0.25) is 10.0 Å². The molecule has 0 spiro atoms. The lowest BCUT2D eigenvalue weighted by molar-refractivity contribution is 0.574. The summed E-state index contributed by atoms with van der Waals surface area (Å²) in [5, 5.41) is -0.726. The molecule has 0 aromatic heterocycles. The molecule has 1 aromatic rings. The van der Waals surface area contributed by atoms with Crippen molar-refractivity contribution in [3.05, 3.63) is 28.0 Å². The zero-order valence-electron chi connectivity index (χ0n) is 9.83. The standard InChI is InChI=1S/C10H13Cl2FN2O2S.ClH/c11-7-3-4-8(9(12)10(7)13)18(16,17)15-6-2-1-5-14;/h3-4,15H,1-2,5-6,14H2;1H. The quantitative estimate of drug-likeness (QED) is 0.611. The predicted molar refractivity (Wildman–Crippen MR) is 77.1 cm³/mol. The van der Waals surface area contributed by atoms with Gasteiger partial charge in [0.05, 0.1) is 10.0 Å². The molecule has 1 aromatic carbocycles. The molecule has 0 aliphatic heterocycles. The minimum atomic E-state index is -3.83. The molecule has 0 atom stereocenters. The third-order valence-corrected chi connectivity index (χ3v) is 4.49. The Bertz CT molecular complexity index is 526. The number of hydrogen-bond acceptors (Lipinski definition) is 3. The fraction of sp³-hybridized carbons (Fsp3) is 0.400. The number of halogens is 4. The number of unbranched alkanes of at least 4 members (excludes halogenated alkanes) is 1. The van der Waals surface area contributed by atoms with Gasteiger partial charge >= 0.3 is 0 Å². The summed E-state index contributed by atoms with van der Waals surface area (Å²) in [7, 11) is -3.83. The van der Waals surface area contributed by atoms with Crippen molar-refractivity contribution < 1.29 is 12.8 Å². The Morgan fingerprint density at radius 1 is 1.26 bits per heavy atom. The van der Waals surface area contributed by atoms with E-state index in [-0.39, 0.29) is 28.9 Å². The van der Waals surface area contributed by atoms with Crippen molar-refractivity contribution in [3.63, 3.8) is 0 Å². The Balaban J connectivity index is 0.00000324. The maximum absolute atomic E-state index is 13.4. The molecule has 0 unspecified atom stereocenters. The molecule has 9 heteroatoms. The number of rotatable bonds is 6. The van der Waals surface area contributed by atoms with Crippen LogP contribution < -0.4 is 10.5 Å². The van der Waals surface area contributed by atoms with E-state index in [2.05, 4.69) is 4.72 Å². The van der Waals surface area contributed by atoms with Gasteiger partial charge in [-0.05, 0) is 31.5 Å². The van der Waals surface area contributed by atoms with Crippen LogP contribution in [0.3, 0.4) is 0 Å². The maximum Gasteiger partial charge on any atom is 0.242 e. The average Bonchev–Trinajstić information content (AvgIpc) is 2.31. The summed E-state index contributed by atoms with van der Waals surface area (Å²) < 4.78 is 39.4. The minimum Gasteiger partial charge on any atom is -0.330 e. The highest BCUT2D eigenvalue weighted by atomic mass is 35.5. The van der Waals surface area contributed by atoms with Crippen LogP contribution in [0, 0.1) is 5.82 Å².